The van der Waals surface area contributed by atoms with Crippen LogP contribution < -0.4 is 5.73 Å². The van der Waals surface area contributed by atoms with Crippen LogP contribution in [-0.2, 0) is 16.1 Å². The minimum Gasteiger partial charge on any atom is -0.469 e. The molecular formula is C14H20N2O2. The molecule has 1 aromatic rings. The Morgan fingerprint density at radius 1 is 1.44 bits per heavy atom. The lowest BCUT2D eigenvalue weighted by atomic mass is 9.96. The molecule has 1 aromatic carbocycles. The van der Waals surface area contributed by atoms with E-state index in [-0.39, 0.29) is 5.97 Å². The summed E-state index contributed by atoms with van der Waals surface area (Å²) in [5.74, 6) is -0.223. The molecule has 0 aromatic heterocycles. The summed E-state index contributed by atoms with van der Waals surface area (Å²) in [5, 5.41) is 0. The van der Waals surface area contributed by atoms with Gasteiger partial charge in [0.25, 0.3) is 0 Å². The van der Waals surface area contributed by atoms with Crippen LogP contribution in [-0.4, -0.2) is 36.6 Å². The molecule has 1 aliphatic heterocycles. The Morgan fingerprint density at radius 2 is 2.17 bits per heavy atom. The second-order valence-corrected chi connectivity index (χ2v) is 5.06. The van der Waals surface area contributed by atoms with Crippen molar-refractivity contribution in [2.24, 2.45) is 5.73 Å². The number of benzene rings is 1. The SMILES string of the molecule is COC(=O)CC1(N)CCN(Cc2ccccc2)C1. The van der Waals surface area contributed by atoms with Gasteiger partial charge in [-0.1, -0.05) is 30.3 Å². The van der Waals surface area contributed by atoms with E-state index in [1.807, 2.05) is 18.2 Å². The van der Waals surface area contributed by atoms with Crippen LogP contribution in [0.4, 0.5) is 0 Å². The molecule has 2 rings (SSSR count). The highest BCUT2D eigenvalue weighted by atomic mass is 16.5. The number of carbonyl (C=O) groups excluding carboxylic acids is 1. The fourth-order valence-corrected chi connectivity index (χ4v) is 2.46. The van der Waals surface area contributed by atoms with Gasteiger partial charge in [0.05, 0.1) is 13.5 Å². The number of methoxy groups -OCH3 is 1. The predicted octanol–water partition coefficient (Wildman–Crippen LogP) is 1.15. The maximum atomic E-state index is 11.3. The number of nitrogens with zero attached hydrogens (tertiary/aromatic N) is 1. The summed E-state index contributed by atoms with van der Waals surface area (Å²) in [4.78, 5) is 13.6. The molecule has 0 aliphatic carbocycles. The highest BCUT2D eigenvalue weighted by Crippen LogP contribution is 2.24. The van der Waals surface area contributed by atoms with E-state index in [9.17, 15) is 4.79 Å². The number of likely N-dealkylation sites (tertiary alicyclic amines) is 1. The minimum atomic E-state index is -0.429. The van der Waals surface area contributed by atoms with Gasteiger partial charge in [-0.3, -0.25) is 9.69 Å². The largest absolute Gasteiger partial charge is 0.469 e. The average molecular weight is 248 g/mol. The first-order valence-electron chi connectivity index (χ1n) is 6.23. The summed E-state index contributed by atoms with van der Waals surface area (Å²) in [6.45, 7) is 2.57. The first-order valence-corrected chi connectivity index (χ1v) is 6.23. The fourth-order valence-electron chi connectivity index (χ4n) is 2.46. The van der Waals surface area contributed by atoms with E-state index in [4.69, 9.17) is 10.5 Å². The lowest BCUT2D eigenvalue weighted by Crippen LogP contribution is -2.44. The molecule has 4 nitrogen and oxygen atoms in total. The van der Waals surface area contributed by atoms with Gasteiger partial charge < -0.3 is 10.5 Å². The molecule has 1 atom stereocenters. The van der Waals surface area contributed by atoms with E-state index in [0.717, 1.165) is 26.1 Å². The summed E-state index contributed by atoms with van der Waals surface area (Å²) >= 11 is 0. The summed E-state index contributed by atoms with van der Waals surface area (Å²) in [6, 6.07) is 10.3. The Labute approximate surface area is 108 Å². The molecule has 4 heteroatoms. The Kier molecular flexibility index (Phi) is 3.99. The summed E-state index contributed by atoms with van der Waals surface area (Å²) in [5.41, 5.74) is 7.09. The third kappa shape index (κ3) is 3.31. The molecule has 1 heterocycles. The molecule has 98 valence electrons. The van der Waals surface area contributed by atoms with Gasteiger partial charge in [0.15, 0.2) is 0 Å². The molecule has 1 aliphatic rings. The molecule has 0 amide bonds. The number of rotatable bonds is 4. The van der Waals surface area contributed by atoms with Crippen molar-refractivity contribution in [1.29, 1.82) is 0 Å². The van der Waals surface area contributed by atoms with Gasteiger partial charge in [-0.25, -0.2) is 0 Å². The lowest BCUT2D eigenvalue weighted by Gasteiger charge is -2.23. The van der Waals surface area contributed by atoms with Crippen LogP contribution in [0.15, 0.2) is 30.3 Å². The van der Waals surface area contributed by atoms with E-state index >= 15 is 0 Å². The van der Waals surface area contributed by atoms with Crippen molar-refractivity contribution in [2.75, 3.05) is 20.2 Å². The van der Waals surface area contributed by atoms with Crippen LogP contribution in [0.25, 0.3) is 0 Å². The van der Waals surface area contributed by atoms with E-state index in [0.29, 0.717) is 6.42 Å². The lowest BCUT2D eigenvalue weighted by molar-refractivity contribution is -0.141. The zero-order chi connectivity index (χ0) is 13.0. The van der Waals surface area contributed by atoms with Crippen molar-refractivity contribution in [3.8, 4) is 0 Å². The van der Waals surface area contributed by atoms with Crippen molar-refractivity contribution in [1.82, 2.24) is 4.90 Å². The molecule has 1 unspecified atom stereocenters. The zero-order valence-corrected chi connectivity index (χ0v) is 10.8. The highest BCUT2D eigenvalue weighted by Gasteiger charge is 2.36. The molecule has 0 spiro atoms. The first kappa shape index (κ1) is 13.1. The van der Waals surface area contributed by atoms with Crippen LogP contribution in [0.3, 0.4) is 0 Å². The normalized spacial score (nSPS) is 24.1. The Bertz CT molecular complexity index is 408. The Morgan fingerprint density at radius 3 is 2.83 bits per heavy atom. The average Bonchev–Trinajstić information content (AvgIpc) is 2.71. The fraction of sp³-hybridized carbons (Fsp3) is 0.500. The Balaban J connectivity index is 1.90. The molecule has 0 bridgehead atoms. The van der Waals surface area contributed by atoms with E-state index in [2.05, 4.69) is 17.0 Å². The van der Waals surface area contributed by atoms with Gasteiger partial charge in [0.1, 0.15) is 0 Å². The molecule has 2 N–H and O–H groups in total. The number of esters is 1. The van der Waals surface area contributed by atoms with Crippen LogP contribution in [0.5, 0.6) is 0 Å². The quantitative estimate of drug-likeness (QED) is 0.812. The van der Waals surface area contributed by atoms with Gasteiger partial charge in [0.2, 0.25) is 0 Å². The van der Waals surface area contributed by atoms with Gasteiger partial charge in [-0.2, -0.15) is 0 Å². The summed E-state index contributed by atoms with van der Waals surface area (Å²) < 4.78 is 4.69. The third-order valence-electron chi connectivity index (χ3n) is 3.44. The molecule has 0 saturated carbocycles. The number of ether oxygens (including phenoxy) is 1. The van der Waals surface area contributed by atoms with Crippen LogP contribution >= 0.6 is 0 Å². The topological polar surface area (TPSA) is 55.6 Å². The van der Waals surface area contributed by atoms with Crippen molar-refractivity contribution < 1.29 is 9.53 Å². The number of hydrogen-bond acceptors (Lipinski definition) is 4. The number of nitrogens with two attached hydrogens (primary N) is 1. The second kappa shape index (κ2) is 5.50. The van der Waals surface area contributed by atoms with Crippen molar-refractivity contribution in [3.05, 3.63) is 35.9 Å². The van der Waals surface area contributed by atoms with Crippen molar-refractivity contribution in [3.63, 3.8) is 0 Å². The van der Waals surface area contributed by atoms with Crippen LogP contribution in [0, 0.1) is 0 Å². The Hall–Kier alpha value is -1.39. The van der Waals surface area contributed by atoms with E-state index in [1.165, 1.54) is 12.7 Å². The molecule has 18 heavy (non-hydrogen) atoms. The third-order valence-corrected chi connectivity index (χ3v) is 3.44. The van der Waals surface area contributed by atoms with Gasteiger partial charge in [-0.15, -0.1) is 0 Å². The maximum absolute atomic E-state index is 11.3. The van der Waals surface area contributed by atoms with Gasteiger partial charge in [-0.05, 0) is 12.0 Å². The maximum Gasteiger partial charge on any atom is 0.307 e. The van der Waals surface area contributed by atoms with E-state index < -0.39 is 5.54 Å². The predicted molar refractivity (Wildman–Crippen MR) is 69.9 cm³/mol. The number of carbonyl (C=O) groups is 1. The van der Waals surface area contributed by atoms with Gasteiger partial charge >= 0.3 is 5.97 Å². The molecule has 1 saturated heterocycles. The second-order valence-electron chi connectivity index (χ2n) is 5.06. The molecule has 1 fully saturated rings. The highest BCUT2D eigenvalue weighted by molar-refractivity contribution is 5.70. The monoisotopic (exact) mass is 248 g/mol. The number of hydrogen-bond donors (Lipinski definition) is 1. The van der Waals surface area contributed by atoms with Crippen LogP contribution in [0.1, 0.15) is 18.4 Å². The standard InChI is InChI=1S/C14H20N2O2/c1-18-13(17)9-14(15)7-8-16(11-14)10-12-5-3-2-4-6-12/h2-6H,7-11,15H2,1H3. The molecule has 0 radical (unpaired) electrons. The summed E-state index contributed by atoms with van der Waals surface area (Å²) in [6.07, 6.45) is 1.14. The van der Waals surface area contributed by atoms with Crippen molar-refractivity contribution >= 4 is 5.97 Å². The van der Waals surface area contributed by atoms with Crippen molar-refractivity contribution in [2.45, 2.75) is 24.9 Å². The molecular weight excluding hydrogens is 228 g/mol. The van der Waals surface area contributed by atoms with Gasteiger partial charge in [0, 0.05) is 25.2 Å². The first-order chi connectivity index (χ1) is 8.61. The van der Waals surface area contributed by atoms with Crippen LogP contribution in [0.2, 0.25) is 0 Å². The smallest absolute Gasteiger partial charge is 0.307 e. The minimum absolute atomic E-state index is 0.223. The zero-order valence-electron chi connectivity index (χ0n) is 10.8. The van der Waals surface area contributed by atoms with E-state index in [1.54, 1.807) is 0 Å². The summed E-state index contributed by atoms with van der Waals surface area (Å²) in [7, 11) is 1.41.